The summed E-state index contributed by atoms with van der Waals surface area (Å²) in [5, 5.41) is 9.54. The smallest absolute Gasteiger partial charge is 0.261 e. The van der Waals surface area contributed by atoms with E-state index in [1.807, 2.05) is 0 Å². The molecule has 0 saturated carbocycles. The van der Waals surface area contributed by atoms with Crippen LogP contribution >= 0.6 is 0 Å². The molecule has 0 saturated heterocycles. The summed E-state index contributed by atoms with van der Waals surface area (Å²) in [6, 6.07) is 3.17. The topological polar surface area (TPSA) is 95.9 Å². The summed E-state index contributed by atoms with van der Waals surface area (Å²) in [7, 11) is 0. The first-order valence-electron chi connectivity index (χ1n) is 13.3. The predicted molar refractivity (Wildman–Crippen MR) is 149 cm³/mol. The van der Waals surface area contributed by atoms with Gasteiger partial charge in [-0.15, -0.1) is 0 Å². The van der Waals surface area contributed by atoms with E-state index in [1.165, 1.54) is 34.6 Å². The Morgan fingerprint density at radius 2 is 1.10 bits per heavy atom. The van der Waals surface area contributed by atoms with Crippen LogP contribution in [0.25, 0.3) is 0 Å². The largest absolute Gasteiger partial charge is 0.507 e. The lowest BCUT2D eigenvalue weighted by molar-refractivity contribution is 0.0624. The van der Waals surface area contributed by atoms with E-state index in [0.29, 0.717) is 0 Å². The molecule has 0 aliphatic heterocycles. The van der Waals surface area contributed by atoms with Crippen LogP contribution in [0.3, 0.4) is 0 Å². The number of benzene rings is 2. The van der Waals surface area contributed by atoms with Gasteiger partial charge in [-0.25, -0.2) is 27.5 Å². The Morgan fingerprint density at radius 1 is 0.690 bits per heavy atom. The molecule has 2 aromatic carbocycles. The third-order valence-electron chi connectivity index (χ3n) is 6.02. The third kappa shape index (κ3) is 7.95. The molecule has 1 aromatic heterocycles. The van der Waals surface area contributed by atoms with Gasteiger partial charge in [0.15, 0.2) is 29.0 Å². The summed E-state index contributed by atoms with van der Waals surface area (Å²) in [6.45, 7) is 14.3. The minimum atomic E-state index is -1.31. The van der Waals surface area contributed by atoms with Crippen molar-refractivity contribution in [2.45, 2.75) is 79.6 Å². The number of amides is 2. The summed E-state index contributed by atoms with van der Waals surface area (Å²) in [5.41, 5.74) is -1.06. The van der Waals surface area contributed by atoms with E-state index in [1.54, 1.807) is 55.4 Å². The van der Waals surface area contributed by atoms with E-state index in [0.717, 1.165) is 18.2 Å². The van der Waals surface area contributed by atoms with E-state index in [9.17, 15) is 32.3 Å². The Labute approximate surface area is 243 Å². The van der Waals surface area contributed by atoms with Gasteiger partial charge in [-0.2, -0.15) is 0 Å². The molecule has 0 radical (unpaired) electrons. The summed E-state index contributed by atoms with van der Waals surface area (Å²) >= 11 is 0. The highest BCUT2D eigenvalue weighted by Crippen LogP contribution is 2.30. The molecule has 1 N–H and O–H groups in total. The van der Waals surface area contributed by atoms with Crippen molar-refractivity contribution >= 4 is 11.8 Å². The molecule has 1 heterocycles. The lowest BCUT2D eigenvalue weighted by Gasteiger charge is -2.31. The first kappa shape index (κ1) is 34.0. The Kier molecular flexibility index (Phi) is 11.8. The highest BCUT2D eigenvalue weighted by atomic mass is 19.2. The van der Waals surface area contributed by atoms with Gasteiger partial charge in [0.2, 0.25) is 0 Å². The molecule has 0 spiro atoms. The van der Waals surface area contributed by atoms with E-state index in [4.69, 9.17) is 4.74 Å². The van der Waals surface area contributed by atoms with Crippen LogP contribution in [-0.2, 0) is 0 Å². The molecular formula is C30H36F4N4O4. The average molecular weight is 593 g/mol. The number of carbonyl (C=O) groups is 2. The van der Waals surface area contributed by atoms with Crippen LogP contribution in [-0.4, -0.2) is 60.9 Å². The van der Waals surface area contributed by atoms with Crippen molar-refractivity contribution in [1.82, 2.24) is 19.8 Å². The lowest BCUT2D eigenvalue weighted by Crippen LogP contribution is -2.42. The number of rotatable bonds is 8. The predicted octanol–water partition coefficient (Wildman–Crippen LogP) is 6.74. The Morgan fingerprint density at radius 3 is 1.55 bits per heavy atom. The maximum Gasteiger partial charge on any atom is 0.261 e. The van der Waals surface area contributed by atoms with Gasteiger partial charge in [-0.1, -0.05) is 0 Å². The van der Waals surface area contributed by atoms with Gasteiger partial charge in [-0.3, -0.25) is 9.59 Å². The summed E-state index contributed by atoms with van der Waals surface area (Å²) in [4.78, 5) is 35.4. The quantitative estimate of drug-likeness (QED) is 0.291. The van der Waals surface area contributed by atoms with E-state index in [2.05, 4.69) is 9.97 Å². The molecule has 2 amide bonds. The van der Waals surface area contributed by atoms with Crippen LogP contribution in [0.5, 0.6) is 17.2 Å². The molecular weight excluding hydrogens is 556 g/mol. The van der Waals surface area contributed by atoms with Gasteiger partial charge >= 0.3 is 0 Å². The summed E-state index contributed by atoms with van der Waals surface area (Å²) in [6.07, 6.45) is 4.04. The van der Waals surface area contributed by atoms with Gasteiger partial charge < -0.3 is 19.6 Å². The number of phenols is 1. The molecule has 228 valence electrons. The van der Waals surface area contributed by atoms with Crippen molar-refractivity contribution in [2.75, 3.05) is 0 Å². The number of hydrogen-bond acceptors (Lipinski definition) is 6. The zero-order valence-electron chi connectivity index (χ0n) is 24.8. The minimum absolute atomic E-state index is 0.0833. The Hall–Kier alpha value is -4.22. The molecule has 3 aromatic rings. The standard InChI is InChI=1S/C17H19F2N3O2.C13H17F2NO2/c1-10(2)22(11(3)4)17(23)15-14(6-5-13(18)16(15)19)24-12-7-20-9-21-8-12;1-7(2)16(8(3)4)13(18)11-10(17)6-5-9(14)12(11)15/h5-11H,1-4H3;5-8,17H,1-4H3. The second kappa shape index (κ2) is 14.6. The van der Waals surface area contributed by atoms with Crippen LogP contribution in [0.4, 0.5) is 17.6 Å². The molecule has 3 rings (SSSR count). The molecule has 0 fully saturated rings. The van der Waals surface area contributed by atoms with Crippen LogP contribution in [0.15, 0.2) is 43.0 Å². The van der Waals surface area contributed by atoms with Crippen molar-refractivity contribution in [3.63, 3.8) is 0 Å². The molecule has 12 heteroatoms. The Balaban J connectivity index is 0.000000307. The van der Waals surface area contributed by atoms with Crippen LogP contribution in [0, 0.1) is 23.3 Å². The second-order valence-corrected chi connectivity index (χ2v) is 10.5. The van der Waals surface area contributed by atoms with Crippen molar-refractivity contribution in [3.05, 3.63) is 77.4 Å². The molecule has 0 aliphatic carbocycles. The SMILES string of the molecule is CC(C)N(C(=O)c1c(O)ccc(F)c1F)C(C)C.CC(C)N(C(=O)c1c(Oc2cncnc2)ccc(F)c1F)C(C)C. The number of aromatic hydroxyl groups is 1. The number of halogens is 4. The van der Waals surface area contributed by atoms with Crippen molar-refractivity contribution < 1.29 is 37.0 Å². The van der Waals surface area contributed by atoms with Crippen molar-refractivity contribution in [2.24, 2.45) is 0 Å². The van der Waals surface area contributed by atoms with Crippen LogP contribution < -0.4 is 4.74 Å². The fraction of sp³-hybridized carbons (Fsp3) is 0.400. The first-order chi connectivity index (χ1) is 19.6. The van der Waals surface area contributed by atoms with Crippen LogP contribution in [0.2, 0.25) is 0 Å². The first-order valence-corrected chi connectivity index (χ1v) is 13.3. The van der Waals surface area contributed by atoms with E-state index in [-0.39, 0.29) is 35.7 Å². The molecule has 0 bridgehead atoms. The summed E-state index contributed by atoms with van der Waals surface area (Å²) in [5.74, 6) is -6.57. The second-order valence-electron chi connectivity index (χ2n) is 10.5. The highest BCUT2D eigenvalue weighted by Gasteiger charge is 2.30. The van der Waals surface area contributed by atoms with E-state index >= 15 is 0 Å². The van der Waals surface area contributed by atoms with E-state index < -0.39 is 52.0 Å². The average Bonchev–Trinajstić information content (AvgIpc) is 2.89. The maximum atomic E-state index is 14.4. The fourth-order valence-electron chi connectivity index (χ4n) is 4.42. The third-order valence-corrected chi connectivity index (χ3v) is 6.02. The van der Waals surface area contributed by atoms with Gasteiger partial charge in [0.1, 0.15) is 29.0 Å². The molecule has 8 nitrogen and oxygen atoms in total. The van der Waals surface area contributed by atoms with Gasteiger partial charge in [0.25, 0.3) is 11.8 Å². The molecule has 42 heavy (non-hydrogen) atoms. The van der Waals surface area contributed by atoms with Gasteiger partial charge in [-0.05, 0) is 79.7 Å². The minimum Gasteiger partial charge on any atom is -0.507 e. The lowest BCUT2D eigenvalue weighted by atomic mass is 10.1. The monoisotopic (exact) mass is 592 g/mol. The number of hydrogen-bond donors (Lipinski definition) is 1. The van der Waals surface area contributed by atoms with Crippen molar-refractivity contribution in [3.8, 4) is 17.2 Å². The zero-order valence-corrected chi connectivity index (χ0v) is 24.8. The number of aromatic nitrogens is 2. The Bertz CT molecular complexity index is 1370. The van der Waals surface area contributed by atoms with Crippen molar-refractivity contribution in [1.29, 1.82) is 0 Å². The molecule has 0 aliphatic rings. The summed E-state index contributed by atoms with van der Waals surface area (Å²) < 4.78 is 60.3. The number of ether oxygens (including phenoxy) is 1. The van der Waals surface area contributed by atoms with Gasteiger partial charge in [0, 0.05) is 24.2 Å². The zero-order chi connectivity index (χ0) is 31.9. The molecule has 0 atom stereocenters. The fourth-order valence-corrected chi connectivity index (χ4v) is 4.42. The highest BCUT2D eigenvalue weighted by molar-refractivity contribution is 5.98. The maximum absolute atomic E-state index is 14.4. The molecule has 0 unspecified atom stereocenters. The number of carbonyl (C=O) groups excluding carboxylic acids is 2. The van der Waals surface area contributed by atoms with Gasteiger partial charge in [0.05, 0.1) is 12.4 Å². The normalized spacial score (nSPS) is 11.0. The number of phenolic OH excluding ortho intramolecular Hbond substituents is 1. The van der Waals surface area contributed by atoms with Crippen LogP contribution in [0.1, 0.15) is 76.1 Å². The number of nitrogens with zero attached hydrogens (tertiary/aromatic N) is 4.